The number of aromatic amines is 2. The van der Waals surface area contributed by atoms with Crippen LogP contribution in [0, 0.1) is 5.92 Å². The molecule has 0 bridgehead atoms. The Morgan fingerprint density at radius 3 is 1.71 bits per heavy atom. The number of methoxy groups -OCH3 is 1. The Kier molecular flexibility index (Phi) is 13.6. The lowest BCUT2D eigenvalue weighted by atomic mass is 10.0. The van der Waals surface area contributed by atoms with Crippen LogP contribution in [0.2, 0.25) is 0 Å². The third-order valence-corrected chi connectivity index (χ3v) is 12.3. The van der Waals surface area contributed by atoms with Gasteiger partial charge in [-0.2, -0.15) is 0 Å². The van der Waals surface area contributed by atoms with Crippen LogP contribution in [0.15, 0.2) is 85.2 Å². The fraction of sp³-hybridized carbons (Fsp3) is 0.364. The van der Waals surface area contributed by atoms with Crippen LogP contribution in [0.4, 0.5) is 9.59 Å². The van der Waals surface area contributed by atoms with Gasteiger partial charge in [-0.25, -0.2) is 24.1 Å². The lowest BCUT2D eigenvalue weighted by Gasteiger charge is -2.29. The average Bonchev–Trinajstić information content (AvgIpc) is 4.13. The van der Waals surface area contributed by atoms with E-state index in [2.05, 4.69) is 35.1 Å². The van der Waals surface area contributed by atoms with Gasteiger partial charge in [-0.1, -0.05) is 74.5 Å². The topological polar surface area (TPSA) is 241 Å². The number of carboxylic acid groups (broad SMARTS) is 1. The van der Waals surface area contributed by atoms with Crippen molar-refractivity contribution in [2.75, 3.05) is 27.3 Å². The van der Waals surface area contributed by atoms with Gasteiger partial charge in [0.05, 0.1) is 43.0 Å². The largest absolute Gasteiger partial charge is 0.527 e. The maximum Gasteiger partial charge on any atom is 0.527 e. The summed E-state index contributed by atoms with van der Waals surface area (Å²) >= 11 is 0. The van der Waals surface area contributed by atoms with Crippen molar-refractivity contribution in [2.45, 2.75) is 70.1 Å². The molecule has 2 aliphatic heterocycles. The van der Waals surface area contributed by atoms with E-state index >= 15 is 0 Å². The Morgan fingerprint density at radius 2 is 1.25 bits per heavy atom. The maximum atomic E-state index is 14.1. The third kappa shape index (κ3) is 10.4. The molecule has 19 heteroatoms. The summed E-state index contributed by atoms with van der Waals surface area (Å²) in [4.78, 5) is 80.4. The molecule has 0 saturated carbocycles. The van der Waals surface area contributed by atoms with Crippen LogP contribution in [0.3, 0.4) is 0 Å². The second kappa shape index (κ2) is 19.3. The van der Waals surface area contributed by atoms with Gasteiger partial charge < -0.3 is 44.8 Å². The van der Waals surface area contributed by atoms with Crippen molar-refractivity contribution >= 4 is 31.8 Å². The maximum absolute atomic E-state index is 14.1. The first-order chi connectivity index (χ1) is 30.2. The van der Waals surface area contributed by atoms with E-state index in [1.165, 1.54) is 19.2 Å². The molecule has 0 radical (unpaired) electrons. The first-order valence-corrected chi connectivity index (χ1v) is 22.2. The smallest absolute Gasteiger partial charge is 0.465 e. The number of H-pyrrole nitrogens is 2. The molecule has 63 heavy (non-hydrogen) atoms. The van der Waals surface area contributed by atoms with E-state index in [-0.39, 0.29) is 42.0 Å². The molecule has 4 heterocycles. The van der Waals surface area contributed by atoms with Crippen molar-refractivity contribution in [3.8, 4) is 39.4 Å². The van der Waals surface area contributed by atoms with E-state index in [9.17, 15) is 33.7 Å². The van der Waals surface area contributed by atoms with Crippen molar-refractivity contribution in [2.24, 2.45) is 5.92 Å². The van der Waals surface area contributed by atoms with Gasteiger partial charge in [-0.15, -0.1) is 0 Å². The van der Waals surface area contributed by atoms with Crippen LogP contribution in [0.1, 0.15) is 68.8 Å². The number of aromatic nitrogens is 4. The second-order valence-electron chi connectivity index (χ2n) is 15.8. The molecule has 0 aliphatic carbocycles. The van der Waals surface area contributed by atoms with Crippen LogP contribution < -0.4 is 15.2 Å². The number of likely N-dealkylation sites (tertiary alicyclic amines) is 2. The molecule has 4 amide bonds. The molecule has 2 saturated heterocycles. The molecule has 6 N–H and O–H groups in total. The predicted octanol–water partition coefficient (Wildman–Crippen LogP) is 6.85. The fourth-order valence-corrected chi connectivity index (χ4v) is 8.60. The molecule has 2 aromatic heterocycles. The summed E-state index contributed by atoms with van der Waals surface area (Å²) in [5, 5.41) is 14.3. The number of alkyl carbamates (subject to hydrolysis) is 1. The van der Waals surface area contributed by atoms with Crippen LogP contribution in [-0.4, -0.2) is 103 Å². The van der Waals surface area contributed by atoms with Crippen LogP contribution in [0.25, 0.3) is 33.6 Å². The van der Waals surface area contributed by atoms with Gasteiger partial charge in [0.2, 0.25) is 11.8 Å². The number of carbonyl (C=O) groups is 4. The molecule has 332 valence electrons. The molecule has 2 aliphatic rings. The van der Waals surface area contributed by atoms with E-state index in [0.29, 0.717) is 36.7 Å². The number of imidazole rings is 2. The summed E-state index contributed by atoms with van der Waals surface area (Å²) in [6, 6.07) is 20.0. The zero-order valence-electron chi connectivity index (χ0n) is 35.3. The minimum atomic E-state index is -4.25. The number of phosphoric ester groups is 1. The highest BCUT2D eigenvalue weighted by atomic mass is 31.2. The lowest BCUT2D eigenvalue weighted by Crippen LogP contribution is -2.50. The minimum Gasteiger partial charge on any atom is -0.465 e. The molecule has 2 fully saturated rings. The molecule has 0 spiro atoms. The van der Waals surface area contributed by atoms with Gasteiger partial charge >= 0.3 is 20.0 Å². The first-order valence-electron chi connectivity index (χ1n) is 20.7. The Hall–Kier alpha value is -6.49. The molecule has 1 unspecified atom stereocenters. The van der Waals surface area contributed by atoms with E-state index in [4.69, 9.17) is 9.26 Å². The first kappa shape index (κ1) is 44.6. The minimum absolute atomic E-state index is 0.106. The molecule has 5 atom stereocenters. The number of nitrogens with zero attached hydrogens (tertiary/aromatic N) is 4. The van der Waals surface area contributed by atoms with Crippen molar-refractivity contribution in [3.05, 3.63) is 102 Å². The van der Waals surface area contributed by atoms with E-state index in [1.54, 1.807) is 34.3 Å². The number of amides is 4. The van der Waals surface area contributed by atoms with Crippen LogP contribution >= 0.6 is 7.82 Å². The van der Waals surface area contributed by atoms with Crippen molar-refractivity contribution in [1.29, 1.82) is 0 Å². The standard InChI is InChI=1S/C44H51N8O10P/c1-26(2)38(50-43(55)56)42(54)52-22-6-8-37(52)40-46-25-35(48-40)31-17-13-29(14-18-31)28-11-15-30(16-12-28)34-24-45-39(47-34)36-7-5-21-51(36)41(53)33(49-44(57)60-3)23-27-9-19-32(20-10-27)62-63(58,59)61-4/h9-20,24-26,33,36-38,50H,5-8,21-23H2,1-4H3,(H,45,47)(H,46,48)(H,49,57)(H,55,56)(H,58,59)/t33-,36-,37-,38-/m0/s1. The zero-order valence-corrected chi connectivity index (χ0v) is 36.2. The second-order valence-corrected chi connectivity index (χ2v) is 17.3. The van der Waals surface area contributed by atoms with E-state index < -0.39 is 32.1 Å². The zero-order chi connectivity index (χ0) is 44.8. The number of rotatable bonds is 15. The summed E-state index contributed by atoms with van der Waals surface area (Å²) < 4.78 is 26.1. The Morgan fingerprint density at radius 1 is 0.762 bits per heavy atom. The monoisotopic (exact) mass is 882 g/mol. The van der Waals surface area contributed by atoms with Gasteiger partial charge in [-0.3, -0.25) is 19.0 Å². The Balaban J connectivity index is 0.994. The van der Waals surface area contributed by atoms with Crippen LogP contribution in [-0.2, 0) is 29.8 Å². The third-order valence-electron chi connectivity index (χ3n) is 11.4. The lowest BCUT2D eigenvalue weighted by molar-refractivity contribution is -0.135. The quantitative estimate of drug-likeness (QED) is 0.0592. The van der Waals surface area contributed by atoms with E-state index in [1.807, 2.05) is 62.4 Å². The number of carbonyl (C=O) groups excluding carboxylic acids is 3. The number of nitrogens with one attached hydrogen (secondary N) is 4. The average molecular weight is 883 g/mol. The van der Waals surface area contributed by atoms with Gasteiger partial charge in [0.25, 0.3) is 0 Å². The number of hydrogen-bond donors (Lipinski definition) is 6. The van der Waals surface area contributed by atoms with Crippen LogP contribution in [0.5, 0.6) is 5.75 Å². The SMILES string of the molecule is COC(=O)N[C@@H](Cc1ccc(OP(=O)(O)OC)cc1)C(=O)N1CCC[C@H]1c1ncc(-c2ccc(-c3ccc(-c4cnc([C@@H]5CCCN5C(=O)[C@@H](NC(=O)O)C(C)C)[nH]4)cc3)cc2)[nH]1. The van der Waals surface area contributed by atoms with Gasteiger partial charge in [0, 0.05) is 26.6 Å². The van der Waals surface area contributed by atoms with Crippen molar-refractivity contribution in [3.63, 3.8) is 0 Å². The summed E-state index contributed by atoms with van der Waals surface area (Å²) in [5.74, 6) is 0.647. The summed E-state index contributed by atoms with van der Waals surface area (Å²) in [7, 11) is -1.96. The highest BCUT2D eigenvalue weighted by Crippen LogP contribution is 2.43. The highest BCUT2D eigenvalue weighted by Gasteiger charge is 2.38. The molecule has 5 aromatic rings. The molecule has 18 nitrogen and oxygen atoms in total. The molecular weight excluding hydrogens is 832 g/mol. The highest BCUT2D eigenvalue weighted by molar-refractivity contribution is 7.47. The Labute approximate surface area is 364 Å². The van der Waals surface area contributed by atoms with Crippen molar-refractivity contribution in [1.82, 2.24) is 40.4 Å². The summed E-state index contributed by atoms with van der Waals surface area (Å²) in [6.07, 6.45) is 4.59. The van der Waals surface area contributed by atoms with Gasteiger partial charge in [0.1, 0.15) is 29.5 Å². The Bertz CT molecular complexity index is 2460. The number of ether oxygens (including phenoxy) is 1. The molecule has 3 aromatic carbocycles. The summed E-state index contributed by atoms with van der Waals surface area (Å²) in [6.45, 7) is 4.64. The molecular formula is C44H51N8O10P. The normalized spacial score (nSPS) is 18.1. The number of hydrogen-bond acceptors (Lipinski definition) is 10. The predicted molar refractivity (Wildman–Crippen MR) is 231 cm³/mol. The number of benzene rings is 3. The van der Waals surface area contributed by atoms with E-state index in [0.717, 1.165) is 60.0 Å². The summed E-state index contributed by atoms with van der Waals surface area (Å²) in [5.41, 5.74) is 6.12. The molecule has 7 rings (SSSR count). The van der Waals surface area contributed by atoms with Gasteiger partial charge in [-0.05, 0) is 71.6 Å². The number of phosphoric acid groups is 1. The fourth-order valence-electron chi connectivity index (χ4n) is 8.14. The van der Waals surface area contributed by atoms with Crippen molar-refractivity contribution < 1.29 is 47.5 Å². The van der Waals surface area contributed by atoms with Gasteiger partial charge in [0.15, 0.2) is 0 Å².